The highest BCUT2D eigenvalue weighted by Gasteiger charge is 2.07. The van der Waals surface area contributed by atoms with E-state index in [1.165, 1.54) is 19.3 Å². The molecule has 0 aliphatic heterocycles. The molecule has 90 valence electrons. The van der Waals surface area contributed by atoms with Gasteiger partial charge in [0, 0.05) is 7.11 Å². The third-order valence-corrected chi connectivity index (χ3v) is 2.64. The molecule has 0 radical (unpaired) electrons. The molecule has 0 bridgehead atoms. The van der Waals surface area contributed by atoms with Crippen molar-refractivity contribution in [3.63, 3.8) is 0 Å². The summed E-state index contributed by atoms with van der Waals surface area (Å²) in [6.07, 6.45) is 5.03. The van der Waals surface area contributed by atoms with E-state index in [0.29, 0.717) is 6.61 Å². The SMILES string of the molecule is CCCCCC(COc1ccccc1)OC. The molecule has 0 amide bonds. The van der Waals surface area contributed by atoms with E-state index < -0.39 is 0 Å². The van der Waals surface area contributed by atoms with Crippen molar-refractivity contribution in [3.05, 3.63) is 30.3 Å². The maximum absolute atomic E-state index is 5.66. The van der Waals surface area contributed by atoms with Crippen LogP contribution in [0.2, 0.25) is 0 Å². The van der Waals surface area contributed by atoms with E-state index >= 15 is 0 Å². The van der Waals surface area contributed by atoms with Crippen LogP contribution in [0.15, 0.2) is 30.3 Å². The van der Waals surface area contributed by atoms with E-state index in [0.717, 1.165) is 12.2 Å². The summed E-state index contributed by atoms with van der Waals surface area (Å²) < 4.78 is 11.1. The first-order valence-corrected chi connectivity index (χ1v) is 6.07. The van der Waals surface area contributed by atoms with E-state index in [9.17, 15) is 0 Å². The number of hydrogen-bond donors (Lipinski definition) is 0. The summed E-state index contributed by atoms with van der Waals surface area (Å²) >= 11 is 0. The Labute approximate surface area is 98.6 Å². The number of para-hydroxylation sites is 1. The Balaban J connectivity index is 2.23. The third-order valence-electron chi connectivity index (χ3n) is 2.64. The summed E-state index contributed by atoms with van der Waals surface area (Å²) in [7, 11) is 1.75. The van der Waals surface area contributed by atoms with Gasteiger partial charge in [-0.15, -0.1) is 0 Å². The first-order valence-electron chi connectivity index (χ1n) is 6.07. The number of benzene rings is 1. The zero-order valence-electron chi connectivity index (χ0n) is 10.3. The van der Waals surface area contributed by atoms with Crippen LogP contribution in [0.4, 0.5) is 0 Å². The number of unbranched alkanes of at least 4 members (excludes halogenated alkanes) is 2. The van der Waals surface area contributed by atoms with Gasteiger partial charge in [-0.2, -0.15) is 0 Å². The molecular formula is C14H22O2. The normalized spacial score (nSPS) is 12.4. The van der Waals surface area contributed by atoms with Crippen LogP contribution < -0.4 is 4.74 Å². The minimum Gasteiger partial charge on any atom is -0.491 e. The van der Waals surface area contributed by atoms with Crippen LogP contribution in [0.5, 0.6) is 5.75 Å². The Kier molecular flexibility index (Phi) is 6.66. The fraction of sp³-hybridized carbons (Fsp3) is 0.571. The highest BCUT2D eigenvalue weighted by atomic mass is 16.5. The van der Waals surface area contributed by atoms with Crippen molar-refractivity contribution >= 4 is 0 Å². The molecule has 0 fully saturated rings. The molecule has 1 aromatic rings. The van der Waals surface area contributed by atoms with Crippen molar-refractivity contribution in [1.82, 2.24) is 0 Å². The fourth-order valence-corrected chi connectivity index (χ4v) is 1.60. The van der Waals surface area contributed by atoms with Crippen LogP contribution in [0, 0.1) is 0 Å². The predicted octanol–water partition coefficient (Wildman–Crippen LogP) is 3.66. The average molecular weight is 222 g/mol. The summed E-state index contributed by atoms with van der Waals surface area (Å²) in [4.78, 5) is 0. The summed E-state index contributed by atoms with van der Waals surface area (Å²) in [6, 6.07) is 9.89. The maximum atomic E-state index is 5.66. The lowest BCUT2D eigenvalue weighted by molar-refractivity contribution is 0.0502. The second kappa shape index (κ2) is 8.17. The van der Waals surface area contributed by atoms with Gasteiger partial charge in [-0.05, 0) is 18.6 Å². The molecule has 0 saturated carbocycles. The van der Waals surface area contributed by atoms with Crippen molar-refractivity contribution in [1.29, 1.82) is 0 Å². The van der Waals surface area contributed by atoms with E-state index in [1.54, 1.807) is 7.11 Å². The molecule has 1 aromatic carbocycles. The van der Waals surface area contributed by atoms with Gasteiger partial charge in [0.1, 0.15) is 12.4 Å². The molecular weight excluding hydrogens is 200 g/mol. The van der Waals surface area contributed by atoms with Crippen molar-refractivity contribution in [3.8, 4) is 5.75 Å². The van der Waals surface area contributed by atoms with Crippen LogP contribution in [-0.4, -0.2) is 19.8 Å². The Bertz CT molecular complexity index is 259. The molecule has 1 unspecified atom stereocenters. The lowest BCUT2D eigenvalue weighted by Gasteiger charge is -2.15. The second-order valence-electron chi connectivity index (χ2n) is 3.98. The van der Waals surface area contributed by atoms with Gasteiger partial charge in [-0.1, -0.05) is 44.4 Å². The molecule has 0 spiro atoms. The Morgan fingerprint density at radius 3 is 2.50 bits per heavy atom. The number of ether oxygens (including phenoxy) is 2. The Morgan fingerprint density at radius 2 is 1.88 bits per heavy atom. The molecule has 2 nitrogen and oxygen atoms in total. The van der Waals surface area contributed by atoms with E-state index in [1.807, 2.05) is 30.3 Å². The van der Waals surface area contributed by atoms with Crippen LogP contribution in [0.25, 0.3) is 0 Å². The zero-order chi connectivity index (χ0) is 11.6. The van der Waals surface area contributed by atoms with Crippen LogP contribution >= 0.6 is 0 Å². The number of methoxy groups -OCH3 is 1. The molecule has 2 heteroatoms. The topological polar surface area (TPSA) is 18.5 Å². The van der Waals surface area contributed by atoms with Crippen molar-refractivity contribution in [2.24, 2.45) is 0 Å². The van der Waals surface area contributed by atoms with Gasteiger partial charge in [0.2, 0.25) is 0 Å². The van der Waals surface area contributed by atoms with E-state index in [2.05, 4.69) is 6.92 Å². The second-order valence-corrected chi connectivity index (χ2v) is 3.98. The van der Waals surface area contributed by atoms with Crippen LogP contribution in [0.1, 0.15) is 32.6 Å². The Morgan fingerprint density at radius 1 is 1.12 bits per heavy atom. The van der Waals surface area contributed by atoms with E-state index in [-0.39, 0.29) is 6.10 Å². The maximum Gasteiger partial charge on any atom is 0.119 e. The molecule has 0 aliphatic carbocycles. The number of hydrogen-bond acceptors (Lipinski definition) is 2. The molecule has 0 aliphatic rings. The molecule has 0 heterocycles. The summed E-state index contributed by atoms with van der Waals surface area (Å²) in [5, 5.41) is 0. The predicted molar refractivity (Wildman–Crippen MR) is 66.9 cm³/mol. The number of rotatable bonds is 8. The minimum absolute atomic E-state index is 0.215. The van der Waals surface area contributed by atoms with Gasteiger partial charge in [0.15, 0.2) is 0 Å². The molecule has 0 N–H and O–H groups in total. The van der Waals surface area contributed by atoms with Gasteiger partial charge in [0.05, 0.1) is 6.10 Å². The van der Waals surface area contributed by atoms with Gasteiger partial charge in [-0.3, -0.25) is 0 Å². The lowest BCUT2D eigenvalue weighted by Crippen LogP contribution is -2.20. The fourth-order valence-electron chi connectivity index (χ4n) is 1.60. The first-order chi connectivity index (χ1) is 7.86. The smallest absolute Gasteiger partial charge is 0.119 e. The minimum atomic E-state index is 0.215. The van der Waals surface area contributed by atoms with Gasteiger partial charge < -0.3 is 9.47 Å². The molecule has 1 atom stereocenters. The van der Waals surface area contributed by atoms with Crippen molar-refractivity contribution in [2.75, 3.05) is 13.7 Å². The summed E-state index contributed by atoms with van der Waals surface area (Å²) in [6.45, 7) is 2.85. The highest BCUT2D eigenvalue weighted by molar-refractivity contribution is 5.20. The lowest BCUT2D eigenvalue weighted by atomic mass is 10.1. The van der Waals surface area contributed by atoms with Crippen molar-refractivity contribution in [2.45, 2.75) is 38.7 Å². The Hall–Kier alpha value is -1.02. The van der Waals surface area contributed by atoms with Crippen molar-refractivity contribution < 1.29 is 9.47 Å². The third kappa shape index (κ3) is 5.17. The van der Waals surface area contributed by atoms with Gasteiger partial charge >= 0.3 is 0 Å². The summed E-state index contributed by atoms with van der Waals surface area (Å²) in [5.41, 5.74) is 0. The molecule has 0 aromatic heterocycles. The molecule has 16 heavy (non-hydrogen) atoms. The highest BCUT2D eigenvalue weighted by Crippen LogP contribution is 2.11. The standard InChI is InChI=1S/C14H22O2/c1-3-4-6-11-14(15-2)12-16-13-9-7-5-8-10-13/h5,7-10,14H,3-4,6,11-12H2,1-2H3. The quantitative estimate of drug-likeness (QED) is 0.625. The van der Waals surface area contributed by atoms with Gasteiger partial charge in [0.25, 0.3) is 0 Å². The monoisotopic (exact) mass is 222 g/mol. The van der Waals surface area contributed by atoms with Crippen LogP contribution in [0.3, 0.4) is 0 Å². The van der Waals surface area contributed by atoms with Crippen LogP contribution in [-0.2, 0) is 4.74 Å². The molecule has 0 saturated heterocycles. The molecule has 1 rings (SSSR count). The zero-order valence-corrected chi connectivity index (χ0v) is 10.3. The average Bonchev–Trinajstić information content (AvgIpc) is 2.35. The summed E-state index contributed by atoms with van der Waals surface area (Å²) in [5.74, 6) is 0.917. The van der Waals surface area contributed by atoms with Gasteiger partial charge in [-0.25, -0.2) is 0 Å². The first kappa shape index (κ1) is 13.0. The van der Waals surface area contributed by atoms with E-state index in [4.69, 9.17) is 9.47 Å². The largest absolute Gasteiger partial charge is 0.491 e.